The van der Waals surface area contributed by atoms with E-state index in [0.29, 0.717) is 34.5 Å². The monoisotopic (exact) mass is 415 g/mol. The molecule has 7 nitrogen and oxygen atoms in total. The van der Waals surface area contributed by atoms with Crippen molar-refractivity contribution in [2.45, 2.75) is 38.1 Å². The summed E-state index contributed by atoms with van der Waals surface area (Å²) < 4.78 is 13.4. The summed E-state index contributed by atoms with van der Waals surface area (Å²) in [5, 5.41) is 6.61. The number of fused-ring (bicyclic) bond motifs is 1. The van der Waals surface area contributed by atoms with Gasteiger partial charge in [0.25, 0.3) is 0 Å². The van der Waals surface area contributed by atoms with Gasteiger partial charge in [-0.2, -0.15) is 0 Å². The van der Waals surface area contributed by atoms with Gasteiger partial charge in [0.15, 0.2) is 5.82 Å². The number of nitrogens with two attached hydrogens (primary N) is 1. The first-order chi connectivity index (χ1) is 14.1. The summed E-state index contributed by atoms with van der Waals surface area (Å²) in [6.07, 6.45) is 8.71. The average molecular weight is 416 g/mol. The molecule has 1 aliphatic rings. The minimum atomic E-state index is -0.472. The first-order valence-electron chi connectivity index (χ1n) is 9.79. The van der Waals surface area contributed by atoms with Crippen LogP contribution >= 0.6 is 11.6 Å². The number of hydrogen-bond acceptors (Lipinski definition) is 7. The highest BCUT2D eigenvalue weighted by molar-refractivity contribution is 6.31. The Hall–Kier alpha value is -2.58. The zero-order valence-corrected chi connectivity index (χ0v) is 16.7. The van der Waals surface area contributed by atoms with Crippen molar-refractivity contribution in [1.29, 1.82) is 0 Å². The molecule has 0 bridgehead atoms. The normalized spacial score (nSPS) is 19.3. The summed E-state index contributed by atoms with van der Waals surface area (Å²) in [6.45, 7) is 0.756. The molecule has 0 amide bonds. The molecule has 1 aromatic carbocycles. The number of anilines is 3. The first-order valence-corrected chi connectivity index (χ1v) is 10.2. The Bertz CT molecular complexity index is 992. The van der Waals surface area contributed by atoms with Crippen molar-refractivity contribution in [3.05, 3.63) is 41.6 Å². The van der Waals surface area contributed by atoms with Crippen LogP contribution in [0.3, 0.4) is 0 Å². The fourth-order valence-electron chi connectivity index (χ4n) is 3.74. The molecule has 1 saturated carbocycles. The van der Waals surface area contributed by atoms with E-state index in [4.69, 9.17) is 17.3 Å². The van der Waals surface area contributed by atoms with Gasteiger partial charge < -0.3 is 16.4 Å². The van der Waals surface area contributed by atoms with Crippen molar-refractivity contribution in [3.63, 3.8) is 0 Å². The maximum atomic E-state index is 13.4. The zero-order chi connectivity index (χ0) is 20.2. The van der Waals surface area contributed by atoms with Crippen molar-refractivity contribution >= 4 is 40.1 Å². The Morgan fingerprint density at radius 3 is 2.72 bits per heavy atom. The Kier molecular flexibility index (Phi) is 6.01. The number of aromatic nitrogens is 4. The van der Waals surface area contributed by atoms with Gasteiger partial charge in [-0.3, -0.25) is 0 Å². The maximum Gasteiger partial charge on any atom is 0.223 e. The van der Waals surface area contributed by atoms with Gasteiger partial charge in [0.2, 0.25) is 5.95 Å². The summed E-state index contributed by atoms with van der Waals surface area (Å²) in [7, 11) is 0. The predicted octanol–water partition coefficient (Wildman–Crippen LogP) is 4.28. The van der Waals surface area contributed by atoms with E-state index in [2.05, 4.69) is 30.6 Å². The van der Waals surface area contributed by atoms with Crippen molar-refractivity contribution in [1.82, 2.24) is 19.9 Å². The third kappa shape index (κ3) is 4.71. The highest BCUT2D eigenvalue weighted by atomic mass is 35.5. The van der Waals surface area contributed by atoms with Crippen molar-refractivity contribution in [2.24, 2.45) is 11.7 Å². The molecule has 0 spiro atoms. The second-order valence-electron chi connectivity index (χ2n) is 7.34. The van der Waals surface area contributed by atoms with Gasteiger partial charge in [-0.1, -0.05) is 11.6 Å². The van der Waals surface area contributed by atoms with E-state index in [1.165, 1.54) is 31.3 Å². The van der Waals surface area contributed by atoms with E-state index in [0.717, 1.165) is 31.7 Å². The fraction of sp³-hybridized carbons (Fsp3) is 0.400. The van der Waals surface area contributed by atoms with E-state index < -0.39 is 5.82 Å². The lowest BCUT2D eigenvalue weighted by Gasteiger charge is -2.28. The third-order valence-electron chi connectivity index (χ3n) is 5.31. The third-order valence-corrected chi connectivity index (χ3v) is 5.60. The standard InChI is InChI=1S/C20H23ClFN7/c21-15-9-14(5-6-16(15)22)27-19-18-17(25-11-26-19)10-24-20(29-18)28-13-3-1-12(2-4-13)7-8-23/h5-6,9-13H,1-4,7-8,23H2,(H,24,28,29)(H,25,26,27). The SMILES string of the molecule is NCCC1CCC(Nc2ncc3ncnc(Nc4ccc(F)c(Cl)c4)c3n2)CC1. The van der Waals surface area contributed by atoms with Crippen molar-refractivity contribution in [2.75, 3.05) is 17.2 Å². The molecule has 4 N–H and O–H groups in total. The summed E-state index contributed by atoms with van der Waals surface area (Å²) >= 11 is 5.87. The van der Waals surface area contributed by atoms with E-state index in [1.54, 1.807) is 12.3 Å². The van der Waals surface area contributed by atoms with Crippen LogP contribution in [0.25, 0.3) is 11.0 Å². The Morgan fingerprint density at radius 1 is 1.14 bits per heavy atom. The number of rotatable bonds is 6. The van der Waals surface area contributed by atoms with Crippen LogP contribution in [0.1, 0.15) is 32.1 Å². The predicted molar refractivity (Wildman–Crippen MR) is 113 cm³/mol. The minimum Gasteiger partial charge on any atom is -0.351 e. The van der Waals surface area contributed by atoms with Crippen LogP contribution in [0.15, 0.2) is 30.7 Å². The molecule has 152 valence electrons. The minimum absolute atomic E-state index is 0.0376. The fourth-order valence-corrected chi connectivity index (χ4v) is 3.92. The molecular weight excluding hydrogens is 393 g/mol. The lowest BCUT2D eigenvalue weighted by atomic mass is 9.84. The molecule has 1 fully saturated rings. The van der Waals surface area contributed by atoms with Crippen LogP contribution in [0, 0.1) is 11.7 Å². The Morgan fingerprint density at radius 2 is 1.97 bits per heavy atom. The smallest absolute Gasteiger partial charge is 0.223 e. The highest BCUT2D eigenvalue weighted by Gasteiger charge is 2.21. The number of nitrogens with one attached hydrogen (secondary N) is 2. The highest BCUT2D eigenvalue weighted by Crippen LogP contribution is 2.29. The largest absolute Gasteiger partial charge is 0.351 e. The number of hydrogen-bond donors (Lipinski definition) is 3. The molecule has 0 atom stereocenters. The molecule has 3 aromatic rings. The average Bonchev–Trinajstić information content (AvgIpc) is 2.73. The van der Waals surface area contributed by atoms with Crippen molar-refractivity contribution < 1.29 is 4.39 Å². The van der Waals surface area contributed by atoms with Gasteiger partial charge in [-0.15, -0.1) is 0 Å². The topological polar surface area (TPSA) is 102 Å². The van der Waals surface area contributed by atoms with E-state index >= 15 is 0 Å². The molecule has 29 heavy (non-hydrogen) atoms. The van der Waals surface area contributed by atoms with Crippen LogP contribution in [-0.2, 0) is 0 Å². The molecule has 0 radical (unpaired) electrons. The molecule has 4 rings (SSSR count). The molecule has 2 heterocycles. The second-order valence-corrected chi connectivity index (χ2v) is 7.75. The zero-order valence-electron chi connectivity index (χ0n) is 15.9. The van der Waals surface area contributed by atoms with E-state index in [-0.39, 0.29) is 5.02 Å². The summed E-state index contributed by atoms with van der Waals surface area (Å²) in [5.41, 5.74) is 7.49. The van der Waals surface area contributed by atoms with Gasteiger partial charge in [0.05, 0.1) is 11.2 Å². The van der Waals surface area contributed by atoms with Gasteiger partial charge >= 0.3 is 0 Å². The Labute approximate surface area is 173 Å². The summed E-state index contributed by atoms with van der Waals surface area (Å²) in [4.78, 5) is 17.5. The molecule has 1 aliphatic carbocycles. The molecular formula is C20H23ClFN7. The Balaban J connectivity index is 1.52. The van der Waals surface area contributed by atoms with Gasteiger partial charge in [0, 0.05) is 11.7 Å². The van der Waals surface area contributed by atoms with Crippen LogP contribution < -0.4 is 16.4 Å². The van der Waals surface area contributed by atoms with E-state index in [9.17, 15) is 4.39 Å². The molecule has 0 aliphatic heterocycles. The molecule has 9 heteroatoms. The first kappa shape index (κ1) is 19.7. The second kappa shape index (κ2) is 8.84. The number of benzene rings is 1. The summed E-state index contributed by atoms with van der Waals surface area (Å²) in [6, 6.07) is 4.75. The number of nitrogens with zero attached hydrogens (tertiary/aromatic N) is 4. The van der Waals surface area contributed by atoms with Crippen LogP contribution in [0.5, 0.6) is 0 Å². The van der Waals surface area contributed by atoms with Gasteiger partial charge in [0.1, 0.15) is 23.2 Å². The lowest BCUT2D eigenvalue weighted by molar-refractivity contribution is 0.324. The lowest BCUT2D eigenvalue weighted by Crippen LogP contribution is -2.27. The van der Waals surface area contributed by atoms with Gasteiger partial charge in [-0.25, -0.2) is 24.3 Å². The molecule has 0 saturated heterocycles. The number of halogens is 2. The summed E-state index contributed by atoms with van der Waals surface area (Å²) in [5.74, 6) is 1.31. The quantitative estimate of drug-likeness (QED) is 0.552. The van der Waals surface area contributed by atoms with Crippen LogP contribution in [0.4, 0.5) is 21.8 Å². The van der Waals surface area contributed by atoms with Crippen LogP contribution in [-0.4, -0.2) is 32.5 Å². The maximum absolute atomic E-state index is 13.4. The van der Waals surface area contributed by atoms with Crippen LogP contribution in [0.2, 0.25) is 5.02 Å². The van der Waals surface area contributed by atoms with E-state index in [1.807, 2.05) is 0 Å². The van der Waals surface area contributed by atoms with Crippen molar-refractivity contribution in [3.8, 4) is 0 Å². The molecule has 2 aromatic heterocycles. The van der Waals surface area contributed by atoms with Gasteiger partial charge in [-0.05, 0) is 62.8 Å². The molecule has 0 unspecified atom stereocenters.